The lowest BCUT2D eigenvalue weighted by Crippen LogP contribution is -2.25. The Morgan fingerprint density at radius 3 is 1.95 bits per heavy atom. The third-order valence-electron chi connectivity index (χ3n) is 4.29. The molecule has 0 aromatic heterocycles. The summed E-state index contributed by atoms with van der Waals surface area (Å²) in [6, 6.07) is 0. The Labute approximate surface area is 126 Å². The van der Waals surface area contributed by atoms with Gasteiger partial charge < -0.3 is 5.11 Å². The SMILES string of the molecule is CCc1c(C)c(C)c(C)c(C)c1S(=O)CC(C)(C)CO. The summed E-state index contributed by atoms with van der Waals surface area (Å²) in [5, 5.41) is 9.40. The third kappa shape index (κ3) is 3.32. The van der Waals surface area contributed by atoms with Crippen molar-refractivity contribution in [3.8, 4) is 0 Å². The molecule has 0 radical (unpaired) electrons. The third-order valence-corrected chi connectivity index (χ3v) is 6.34. The van der Waals surface area contributed by atoms with Crippen molar-refractivity contribution in [1.82, 2.24) is 0 Å². The maximum atomic E-state index is 12.8. The van der Waals surface area contributed by atoms with Gasteiger partial charge in [-0.3, -0.25) is 4.21 Å². The van der Waals surface area contributed by atoms with Gasteiger partial charge in [0.1, 0.15) is 0 Å². The van der Waals surface area contributed by atoms with Crippen molar-refractivity contribution < 1.29 is 9.32 Å². The van der Waals surface area contributed by atoms with Gasteiger partial charge in [0.15, 0.2) is 0 Å². The van der Waals surface area contributed by atoms with Crippen molar-refractivity contribution >= 4 is 10.8 Å². The van der Waals surface area contributed by atoms with Gasteiger partial charge in [-0.15, -0.1) is 0 Å². The van der Waals surface area contributed by atoms with Crippen LogP contribution in [0.4, 0.5) is 0 Å². The minimum Gasteiger partial charge on any atom is -0.396 e. The smallest absolute Gasteiger partial charge is 0.0541 e. The molecule has 20 heavy (non-hydrogen) atoms. The molecule has 1 rings (SSSR count). The van der Waals surface area contributed by atoms with Gasteiger partial charge in [0.25, 0.3) is 0 Å². The standard InChI is InChI=1S/C17H28O2S/c1-8-15-13(4)11(2)12(3)14(5)16(15)20(19)10-17(6,7)9-18/h18H,8-10H2,1-7H3. The summed E-state index contributed by atoms with van der Waals surface area (Å²) in [6.07, 6.45) is 0.897. The predicted molar refractivity (Wildman–Crippen MR) is 86.9 cm³/mol. The van der Waals surface area contributed by atoms with Gasteiger partial charge in [-0.1, -0.05) is 20.8 Å². The van der Waals surface area contributed by atoms with Gasteiger partial charge in [0.05, 0.1) is 10.8 Å². The lowest BCUT2D eigenvalue weighted by molar-refractivity contribution is 0.180. The molecule has 1 atom stereocenters. The maximum Gasteiger partial charge on any atom is 0.0541 e. The average molecular weight is 296 g/mol. The minimum absolute atomic E-state index is 0.0586. The number of aliphatic hydroxyl groups excluding tert-OH is 1. The fourth-order valence-corrected chi connectivity index (χ4v) is 4.57. The van der Waals surface area contributed by atoms with Crippen LogP contribution in [0.2, 0.25) is 0 Å². The summed E-state index contributed by atoms with van der Waals surface area (Å²) >= 11 is 0. The van der Waals surface area contributed by atoms with E-state index in [-0.39, 0.29) is 12.0 Å². The van der Waals surface area contributed by atoms with Crippen molar-refractivity contribution in [1.29, 1.82) is 0 Å². The van der Waals surface area contributed by atoms with Gasteiger partial charge in [0.2, 0.25) is 0 Å². The van der Waals surface area contributed by atoms with Crippen molar-refractivity contribution in [3.63, 3.8) is 0 Å². The molecule has 0 aliphatic carbocycles. The molecule has 0 bridgehead atoms. The topological polar surface area (TPSA) is 37.3 Å². The molecule has 0 amide bonds. The first kappa shape index (κ1) is 17.4. The molecular weight excluding hydrogens is 268 g/mol. The van der Waals surface area contributed by atoms with Gasteiger partial charge >= 0.3 is 0 Å². The van der Waals surface area contributed by atoms with Crippen LogP contribution in [0, 0.1) is 33.1 Å². The fraction of sp³-hybridized carbons (Fsp3) is 0.647. The molecule has 1 aromatic carbocycles. The summed E-state index contributed by atoms with van der Waals surface area (Å²) < 4.78 is 12.8. The zero-order valence-corrected chi connectivity index (χ0v) is 14.7. The second kappa shape index (κ2) is 6.40. The Balaban J connectivity index is 3.41. The highest BCUT2D eigenvalue weighted by molar-refractivity contribution is 7.85. The molecule has 1 aromatic rings. The molecule has 0 heterocycles. The van der Waals surface area contributed by atoms with Crippen LogP contribution in [-0.2, 0) is 17.2 Å². The molecular formula is C17H28O2S. The van der Waals surface area contributed by atoms with E-state index in [0.717, 1.165) is 16.9 Å². The largest absolute Gasteiger partial charge is 0.396 e. The Bertz CT molecular complexity index is 531. The number of benzene rings is 1. The number of hydrogen-bond acceptors (Lipinski definition) is 2. The number of rotatable bonds is 5. The van der Waals surface area contributed by atoms with Crippen LogP contribution in [0.5, 0.6) is 0 Å². The highest BCUT2D eigenvalue weighted by Gasteiger charge is 2.25. The van der Waals surface area contributed by atoms with E-state index in [1.807, 2.05) is 13.8 Å². The first-order valence-electron chi connectivity index (χ1n) is 7.24. The predicted octanol–water partition coefficient (Wildman–Crippen LogP) is 3.61. The van der Waals surface area contributed by atoms with E-state index in [2.05, 4.69) is 34.6 Å². The highest BCUT2D eigenvalue weighted by atomic mass is 32.2. The van der Waals surface area contributed by atoms with Crippen LogP contribution in [-0.4, -0.2) is 21.7 Å². The zero-order chi connectivity index (χ0) is 15.7. The highest BCUT2D eigenvalue weighted by Crippen LogP contribution is 2.31. The summed E-state index contributed by atoms with van der Waals surface area (Å²) in [6.45, 7) is 14.5. The molecule has 114 valence electrons. The van der Waals surface area contributed by atoms with E-state index in [4.69, 9.17) is 0 Å². The Morgan fingerprint density at radius 2 is 1.50 bits per heavy atom. The van der Waals surface area contributed by atoms with Crippen molar-refractivity contribution in [2.24, 2.45) is 5.41 Å². The summed E-state index contributed by atoms with van der Waals surface area (Å²) in [7, 11) is -1.06. The minimum atomic E-state index is -1.06. The maximum absolute atomic E-state index is 12.8. The fourth-order valence-electron chi connectivity index (χ4n) is 2.56. The van der Waals surface area contributed by atoms with Gasteiger partial charge in [-0.05, 0) is 67.3 Å². The number of aliphatic hydroxyl groups is 1. The lowest BCUT2D eigenvalue weighted by atomic mass is 9.93. The Morgan fingerprint density at radius 1 is 1.00 bits per heavy atom. The van der Waals surface area contributed by atoms with Crippen LogP contribution in [0.15, 0.2) is 4.90 Å². The van der Waals surface area contributed by atoms with E-state index in [0.29, 0.717) is 5.75 Å². The Hall–Kier alpha value is -0.670. The zero-order valence-electron chi connectivity index (χ0n) is 13.9. The molecule has 0 aliphatic heterocycles. The van der Waals surface area contributed by atoms with Gasteiger partial charge in [-0.2, -0.15) is 0 Å². The van der Waals surface area contributed by atoms with E-state index >= 15 is 0 Å². The monoisotopic (exact) mass is 296 g/mol. The van der Waals surface area contributed by atoms with Gasteiger partial charge in [0, 0.05) is 17.3 Å². The molecule has 3 heteroatoms. The summed E-state index contributed by atoms with van der Waals surface area (Å²) in [4.78, 5) is 0.995. The van der Waals surface area contributed by atoms with Crippen LogP contribution in [0.25, 0.3) is 0 Å². The van der Waals surface area contributed by atoms with Crippen LogP contribution in [0.3, 0.4) is 0 Å². The van der Waals surface area contributed by atoms with E-state index < -0.39 is 10.8 Å². The summed E-state index contributed by atoms with van der Waals surface area (Å²) in [5.41, 5.74) is 5.87. The van der Waals surface area contributed by atoms with E-state index in [1.54, 1.807) is 0 Å². The van der Waals surface area contributed by atoms with Gasteiger partial charge in [-0.25, -0.2) is 0 Å². The van der Waals surface area contributed by atoms with Crippen molar-refractivity contribution in [3.05, 3.63) is 27.8 Å². The molecule has 0 fully saturated rings. The average Bonchev–Trinajstić information content (AvgIpc) is 2.39. The molecule has 2 nitrogen and oxygen atoms in total. The molecule has 0 spiro atoms. The first-order chi connectivity index (χ1) is 9.16. The molecule has 0 aliphatic rings. The molecule has 0 saturated carbocycles. The van der Waals surface area contributed by atoms with Crippen LogP contribution in [0.1, 0.15) is 48.6 Å². The second-order valence-electron chi connectivity index (χ2n) is 6.47. The second-order valence-corrected chi connectivity index (χ2v) is 7.86. The normalized spacial score (nSPS) is 13.6. The Kier molecular flexibility index (Phi) is 5.56. The van der Waals surface area contributed by atoms with Crippen molar-refractivity contribution in [2.45, 2.75) is 59.8 Å². The summed E-state index contributed by atoms with van der Waals surface area (Å²) in [5.74, 6) is 0.499. The quantitative estimate of drug-likeness (QED) is 0.901. The molecule has 1 unspecified atom stereocenters. The molecule has 1 N–H and O–H groups in total. The van der Waals surface area contributed by atoms with Crippen molar-refractivity contribution in [2.75, 3.05) is 12.4 Å². The number of hydrogen-bond donors (Lipinski definition) is 1. The van der Waals surface area contributed by atoms with E-state index in [9.17, 15) is 9.32 Å². The first-order valence-corrected chi connectivity index (χ1v) is 8.56. The molecule has 0 saturated heterocycles. The lowest BCUT2D eigenvalue weighted by Gasteiger charge is -2.24. The van der Waals surface area contributed by atoms with E-state index in [1.165, 1.54) is 22.3 Å². The van der Waals surface area contributed by atoms with Crippen LogP contribution >= 0.6 is 0 Å². The van der Waals surface area contributed by atoms with Crippen LogP contribution < -0.4 is 0 Å².